The molecule has 170 valence electrons. The zero-order valence-electron chi connectivity index (χ0n) is 18.9. The van der Waals surface area contributed by atoms with Gasteiger partial charge in [0, 0.05) is 31.9 Å². The largest absolute Gasteiger partial charge is 0.368 e. The van der Waals surface area contributed by atoms with E-state index in [1.54, 1.807) is 11.3 Å². The summed E-state index contributed by atoms with van der Waals surface area (Å²) in [5, 5.41) is 4.45. The molecular formula is C24H28N8S. The first-order chi connectivity index (χ1) is 16.0. The molecule has 3 heterocycles. The molecule has 9 heteroatoms. The summed E-state index contributed by atoms with van der Waals surface area (Å²) in [4.78, 5) is 23.0. The minimum atomic E-state index is 0.235. The summed E-state index contributed by atoms with van der Waals surface area (Å²) in [6, 6.07) is 16.7. The topological polar surface area (TPSA) is 96.1 Å². The van der Waals surface area contributed by atoms with E-state index in [1.807, 2.05) is 37.3 Å². The number of piperazine rings is 1. The van der Waals surface area contributed by atoms with Crippen LogP contribution in [-0.4, -0.2) is 55.9 Å². The van der Waals surface area contributed by atoms with E-state index in [0.29, 0.717) is 24.4 Å². The molecule has 1 aliphatic heterocycles. The van der Waals surface area contributed by atoms with Gasteiger partial charge >= 0.3 is 0 Å². The van der Waals surface area contributed by atoms with Crippen molar-refractivity contribution in [2.75, 3.05) is 37.2 Å². The van der Waals surface area contributed by atoms with E-state index >= 15 is 0 Å². The number of para-hydroxylation sites is 2. The van der Waals surface area contributed by atoms with Crippen LogP contribution >= 0.6 is 11.3 Å². The predicted molar refractivity (Wildman–Crippen MR) is 134 cm³/mol. The van der Waals surface area contributed by atoms with E-state index in [1.165, 1.54) is 9.71 Å². The summed E-state index contributed by atoms with van der Waals surface area (Å²) in [5.74, 6) is 1.40. The van der Waals surface area contributed by atoms with Gasteiger partial charge in [-0.15, -0.1) is 11.3 Å². The summed E-state index contributed by atoms with van der Waals surface area (Å²) in [6.45, 7) is 8.80. The minimum Gasteiger partial charge on any atom is -0.368 e. The molecule has 0 spiro atoms. The van der Waals surface area contributed by atoms with E-state index in [0.717, 1.165) is 42.9 Å². The van der Waals surface area contributed by atoms with Gasteiger partial charge in [0.25, 0.3) is 0 Å². The highest BCUT2D eigenvalue weighted by Crippen LogP contribution is 2.30. The highest BCUT2D eigenvalue weighted by molar-refractivity contribution is 7.18. The number of rotatable bonds is 6. The minimum absolute atomic E-state index is 0.235. The number of nitrogens with one attached hydrogen (secondary N) is 1. The first-order valence-corrected chi connectivity index (χ1v) is 12.0. The molecule has 1 aliphatic rings. The average molecular weight is 461 g/mol. The van der Waals surface area contributed by atoms with Gasteiger partial charge in [0.1, 0.15) is 10.8 Å². The molecule has 0 unspecified atom stereocenters. The molecule has 5 rings (SSSR count). The average Bonchev–Trinajstić information content (AvgIpc) is 3.25. The summed E-state index contributed by atoms with van der Waals surface area (Å²) in [6.07, 6.45) is 0. The molecule has 3 N–H and O–H groups in total. The van der Waals surface area contributed by atoms with Crippen molar-refractivity contribution in [2.24, 2.45) is 0 Å². The van der Waals surface area contributed by atoms with Crippen molar-refractivity contribution in [1.82, 2.24) is 29.7 Å². The van der Waals surface area contributed by atoms with Gasteiger partial charge < -0.3 is 11.1 Å². The lowest BCUT2D eigenvalue weighted by Gasteiger charge is -2.37. The van der Waals surface area contributed by atoms with E-state index in [4.69, 9.17) is 10.7 Å². The van der Waals surface area contributed by atoms with Crippen LogP contribution in [0.5, 0.6) is 0 Å². The van der Waals surface area contributed by atoms with Crippen LogP contribution in [-0.2, 0) is 6.54 Å². The van der Waals surface area contributed by atoms with Gasteiger partial charge in [-0.3, -0.25) is 9.80 Å². The van der Waals surface area contributed by atoms with Crippen LogP contribution in [0.25, 0.3) is 10.2 Å². The quantitative estimate of drug-likeness (QED) is 0.446. The Balaban J connectivity index is 1.21. The molecule has 2 aromatic heterocycles. The van der Waals surface area contributed by atoms with Crippen molar-refractivity contribution in [3.05, 3.63) is 64.9 Å². The fourth-order valence-electron chi connectivity index (χ4n) is 4.13. The zero-order chi connectivity index (χ0) is 22.8. The third-order valence-corrected chi connectivity index (χ3v) is 7.28. The second-order valence-corrected chi connectivity index (χ2v) is 9.44. The van der Waals surface area contributed by atoms with Crippen LogP contribution in [0.4, 0.5) is 17.6 Å². The number of benzene rings is 2. The molecule has 1 fully saturated rings. The number of nitrogens with zero attached hydrogens (tertiary/aromatic N) is 6. The van der Waals surface area contributed by atoms with Crippen LogP contribution in [0.2, 0.25) is 0 Å². The number of thiazole rings is 1. The fourth-order valence-corrected chi connectivity index (χ4v) is 5.19. The van der Waals surface area contributed by atoms with E-state index in [2.05, 4.69) is 55.2 Å². The summed E-state index contributed by atoms with van der Waals surface area (Å²) < 4.78 is 1.25. The molecular weight excluding hydrogens is 432 g/mol. The van der Waals surface area contributed by atoms with Crippen molar-refractivity contribution >= 4 is 39.1 Å². The van der Waals surface area contributed by atoms with E-state index < -0.39 is 0 Å². The van der Waals surface area contributed by atoms with Gasteiger partial charge in [-0.05, 0) is 37.6 Å². The van der Waals surface area contributed by atoms with Crippen LogP contribution in [0.15, 0.2) is 48.5 Å². The van der Waals surface area contributed by atoms with Crippen molar-refractivity contribution < 1.29 is 0 Å². The molecule has 0 bridgehead atoms. The second-order valence-electron chi connectivity index (χ2n) is 8.38. The maximum Gasteiger partial charge on any atom is 0.232 e. The first kappa shape index (κ1) is 21.7. The number of fused-ring (bicyclic) bond motifs is 1. The molecule has 0 aliphatic carbocycles. The molecule has 1 atom stereocenters. The number of anilines is 3. The number of nitrogens with two attached hydrogens (primary N) is 1. The standard InChI is InChI=1S/C24H28N8S/c1-16-7-3-4-8-18(16)27-24-29-21(28-23(25)30-24)15-31-11-13-32(14-12-31)17(2)22-26-19-9-5-6-10-20(19)33-22/h3-10,17H,11-15H2,1-2H3,(H3,25,27,28,29,30)/t17-/m1/s1. The van der Waals surface area contributed by atoms with Crippen molar-refractivity contribution in [2.45, 2.75) is 26.4 Å². The highest BCUT2D eigenvalue weighted by Gasteiger charge is 2.25. The normalized spacial score (nSPS) is 16.2. The molecule has 0 saturated carbocycles. The van der Waals surface area contributed by atoms with Gasteiger partial charge in [0.15, 0.2) is 0 Å². The number of hydrogen-bond donors (Lipinski definition) is 2. The molecule has 33 heavy (non-hydrogen) atoms. The molecule has 8 nitrogen and oxygen atoms in total. The molecule has 2 aromatic carbocycles. The monoisotopic (exact) mass is 460 g/mol. The van der Waals surface area contributed by atoms with Gasteiger partial charge in [0.05, 0.1) is 22.8 Å². The highest BCUT2D eigenvalue weighted by atomic mass is 32.1. The fraction of sp³-hybridized carbons (Fsp3) is 0.333. The third-order valence-electron chi connectivity index (χ3n) is 6.08. The Bertz CT molecular complexity index is 1220. The SMILES string of the molecule is Cc1ccccc1Nc1nc(N)nc(CN2CCN([C@H](C)c3nc4ccccc4s3)CC2)n1. The van der Waals surface area contributed by atoms with Crippen molar-refractivity contribution in [3.8, 4) is 0 Å². The Morgan fingerprint density at radius 2 is 1.73 bits per heavy atom. The van der Waals surface area contributed by atoms with Gasteiger partial charge in [-0.2, -0.15) is 15.0 Å². The zero-order valence-corrected chi connectivity index (χ0v) is 19.7. The van der Waals surface area contributed by atoms with Gasteiger partial charge in [0.2, 0.25) is 11.9 Å². The van der Waals surface area contributed by atoms with E-state index in [-0.39, 0.29) is 5.95 Å². The maximum absolute atomic E-state index is 5.98. The molecule has 0 radical (unpaired) electrons. The Kier molecular flexibility index (Phi) is 6.17. The molecule has 4 aromatic rings. The maximum atomic E-state index is 5.98. The Labute approximate surface area is 197 Å². The third kappa shape index (κ3) is 4.95. The van der Waals surface area contributed by atoms with Gasteiger partial charge in [-0.25, -0.2) is 4.98 Å². The lowest BCUT2D eigenvalue weighted by Crippen LogP contribution is -2.46. The lowest BCUT2D eigenvalue weighted by molar-refractivity contribution is 0.0962. The second kappa shape index (κ2) is 9.38. The van der Waals surface area contributed by atoms with Gasteiger partial charge in [-0.1, -0.05) is 30.3 Å². The predicted octanol–water partition coefficient (Wildman–Crippen LogP) is 3.99. The van der Waals surface area contributed by atoms with Crippen molar-refractivity contribution in [1.29, 1.82) is 0 Å². The first-order valence-electron chi connectivity index (χ1n) is 11.2. The smallest absolute Gasteiger partial charge is 0.232 e. The number of nitrogen functional groups attached to an aromatic ring is 1. The Morgan fingerprint density at radius 3 is 2.52 bits per heavy atom. The van der Waals surface area contributed by atoms with Crippen molar-refractivity contribution in [3.63, 3.8) is 0 Å². The van der Waals surface area contributed by atoms with Crippen LogP contribution in [0.1, 0.15) is 29.4 Å². The summed E-state index contributed by atoms with van der Waals surface area (Å²) in [5.41, 5.74) is 9.15. The summed E-state index contributed by atoms with van der Waals surface area (Å²) in [7, 11) is 0. The molecule has 0 amide bonds. The summed E-state index contributed by atoms with van der Waals surface area (Å²) >= 11 is 1.79. The number of aryl methyl sites for hydroxylation is 1. The number of hydrogen-bond acceptors (Lipinski definition) is 9. The van der Waals surface area contributed by atoms with Crippen LogP contribution in [0.3, 0.4) is 0 Å². The van der Waals surface area contributed by atoms with Crippen LogP contribution < -0.4 is 11.1 Å². The van der Waals surface area contributed by atoms with Crippen LogP contribution in [0, 0.1) is 6.92 Å². The Morgan fingerprint density at radius 1 is 0.970 bits per heavy atom. The lowest BCUT2D eigenvalue weighted by atomic mass is 10.2. The Hall–Kier alpha value is -3.14. The number of aromatic nitrogens is 4. The molecule has 1 saturated heterocycles. The van der Waals surface area contributed by atoms with E-state index in [9.17, 15) is 0 Å².